The lowest BCUT2D eigenvalue weighted by Crippen LogP contribution is -2.15. The van der Waals surface area contributed by atoms with Crippen LogP contribution in [0.15, 0.2) is 65.7 Å². The molecule has 2 aromatic heterocycles. The van der Waals surface area contributed by atoms with E-state index in [1.165, 1.54) is 6.07 Å². The number of pyridine rings is 1. The Labute approximate surface area is 159 Å². The Hall–Kier alpha value is -3.38. The van der Waals surface area contributed by atoms with Crippen molar-refractivity contribution in [2.24, 2.45) is 0 Å². The first-order chi connectivity index (χ1) is 13.0. The highest BCUT2D eigenvalue weighted by Gasteiger charge is 2.10. The lowest BCUT2D eigenvalue weighted by molar-refractivity contribution is 0.475. The van der Waals surface area contributed by atoms with Crippen molar-refractivity contribution in [3.05, 3.63) is 76.3 Å². The molecule has 4 rings (SSSR count). The lowest BCUT2D eigenvalue weighted by atomic mass is 10.0. The molecule has 0 unspecified atom stereocenters. The van der Waals surface area contributed by atoms with Gasteiger partial charge in [0.1, 0.15) is 5.75 Å². The zero-order chi connectivity index (χ0) is 19.0. The van der Waals surface area contributed by atoms with Gasteiger partial charge in [-0.15, -0.1) is 0 Å². The minimum atomic E-state index is -0.187. The zero-order valence-corrected chi connectivity index (χ0v) is 15.1. The third-order valence-corrected chi connectivity index (χ3v) is 4.60. The van der Waals surface area contributed by atoms with Crippen molar-refractivity contribution in [2.75, 3.05) is 11.9 Å². The predicted molar refractivity (Wildman–Crippen MR) is 107 cm³/mol. The van der Waals surface area contributed by atoms with Crippen LogP contribution in [0.3, 0.4) is 0 Å². The van der Waals surface area contributed by atoms with E-state index in [1.54, 1.807) is 48.6 Å². The van der Waals surface area contributed by atoms with Crippen molar-refractivity contribution in [1.29, 1.82) is 0 Å². The van der Waals surface area contributed by atoms with Crippen LogP contribution < -0.4 is 10.5 Å². The number of benzene rings is 2. The highest BCUT2D eigenvalue weighted by atomic mass is 35.5. The number of aromatic nitrogens is 3. The number of H-pyrrole nitrogens is 1. The van der Waals surface area contributed by atoms with Gasteiger partial charge in [0.05, 0.1) is 11.2 Å². The van der Waals surface area contributed by atoms with Gasteiger partial charge in [-0.05, 0) is 42.0 Å². The fourth-order valence-electron chi connectivity index (χ4n) is 2.84. The molecule has 0 spiro atoms. The largest absolute Gasteiger partial charge is 0.508 e. The monoisotopic (exact) mass is 378 g/mol. The van der Waals surface area contributed by atoms with Crippen molar-refractivity contribution in [3.8, 4) is 16.9 Å². The van der Waals surface area contributed by atoms with Gasteiger partial charge in [0, 0.05) is 41.5 Å². The quantitative estimate of drug-likeness (QED) is 0.560. The molecule has 0 fully saturated rings. The minimum absolute atomic E-state index is 0.153. The topological polar surface area (TPSA) is 82.1 Å². The summed E-state index contributed by atoms with van der Waals surface area (Å²) in [5.41, 5.74) is 2.87. The number of hydrogen-bond acceptors (Lipinski definition) is 5. The molecule has 0 aliphatic rings. The summed E-state index contributed by atoms with van der Waals surface area (Å²) in [4.78, 5) is 24.8. The number of phenols is 1. The molecular weight excluding hydrogens is 364 g/mol. The Kier molecular flexibility index (Phi) is 4.25. The summed E-state index contributed by atoms with van der Waals surface area (Å²) in [6, 6.07) is 13.8. The SMILES string of the molecule is CN(c1cc[nH]c(=O)c1)c1ncc2cc(-c3cc(O)ccc3Cl)ccc2n1. The number of aromatic hydroxyl groups is 1. The second-order valence-electron chi connectivity index (χ2n) is 6.08. The molecule has 27 heavy (non-hydrogen) atoms. The van der Waals surface area contributed by atoms with E-state index in [9.17, 15) is 9.90 Å². The van der Waals surface area contributed by atoms with Crippen LogP contribution in [0.2, 0.25) is 5.02 Å². The predicted octanol–water partition coefficient (Wildman–Crippen LogP) is 4.11. The van der Waals surface area contributed by atoms with Crippen LogP contribution >= 0.6 is 11.6 Å². The van der Waals surface area contributed by atoms with Crippen LogP contribution in [0.4, 0.5) is 11.6 Å². The average molecular weight is 379 g/mol. The van der Waals surface area contributed by atoms with Crippen LogP contribution in [0.5, 0.6) is 5.75 Å². The third kappa shape index (κ3) is 3.35. The first-order valence-electron chi connectivity index (χ1n) is 8.19. The second-order valence-corrected chi connectivity index (χ2v) is 6.49. The Morgan fingerprint density at radius 3 is 2.78 bits per heavy atom. The maximum Gasteiger partial charge on any atom is 0.249 e. The first-order valence-corrected chi connectivity index (χ1v) is 8.57. The van der Waals surface area contributed by atoms with E-state index in [1.807, 2.05) is 18.2 Å². The Morgan fingerprint density at radius 1 is 1.11 bits per heavy atom. The number of aromatic amines is 1. The number of anilines is 2. The maximum atomic E-state index is 11.5. The van der Waals surface area contributed by atoms with E-state index < -0.39 is 0 Å². The van der Waals surface area contributed by atoms with Gasteiger partial charge in [0.2, 0.25) is 11.5 Å². The molecule has 0 saturated carbocycles. The summed E-state index contributed by atoms with van der Waals surface area (Å²) < 4.78 is 0. The number of nitrogens with zero attached hydrogens (tertiary/aromatic N) is 3. The van der Waals surface area contributed by atoms with Crippen molar-refractivity contribution in [1.82, 2.24) is 15.0 Å². The number of rotatable bonds is 3. The molecule has 0 atom stereocenters. The van der Waals surface area contributed by atoms with Gasteiger partial charge in [-0.3, -0.25) is 4.79 Å². The van der Waals surface area contributed by atoms with Crippen LogP contribution in [0.1, 0.15) is 0 Å². The molecule has 0 radical (unpaired) electrons. The average Bonchev–Trinajstić information content (AvgIpc) is 2.68. The van der Waals surface area contributed by atoms with Gasteiger partial charge in [-0.25, -0.2) is 9.97 Å². The molecule has 6 nitrogen and oxygen atoms in total. The summed E-state index contributed by atoms with van der Waals surface area (Å²) in [7, 11) is 1.80. The van der Waals surface area contributed by atoms with Gasteiger partial charge < -0.3 is 15.0 Å². The number of fused-ring (bicyclic) bond motifs is 1. The Balaban J connectivity index is 1.74. The van der Waals surface area contributed by atoms with E-state index in [4.69, 9.17) is 11.6 Å². The zero-order valence-electron chi connectivity index (χ0n) is 14.3. The molecule has 0 aliphatic carbocycles. The number of phenolic OH excluding ortho intramolecular Hbond substituents is 1. The molecule has 0 amide bonds. The van der Waals surface area contributed by atoms with E-state index in [0.717, 1.165) is 22.0 Å². The lowest BCUT2D eigenvalue weighted by Gasteiger charge is -2.17. The standard InChI is InChI=1S/C20H15ClN4O2/c1-25(14-6-7-22-19(27)9-14)20-23-11-13-8-12(2-5-18(13)24-20)16-10-15(26)3-4-17(16)21/h2-11,26H,1H3,(H,22,27). The Morgan fingerprint density at radius 2 is 1.96 bits per heavy atom. The molecule has 2 N–H and O–H groups in total. The van der Waals surface area contributed by atoms with Crippen LogP contribution in [-0.2, 0) is 0 Å². The van der Waals surface area contributed by atoms with Gasteiger partial charge >= 0.3 is 0 Å². The van der Waals surface area contributed by atoms with Gasteiger partial charge in [-0.1, -0.05) is 17.7 Å². The van der Waals surface area contributed by atoms with Crippen LogP contribution in [0.25, 0.3) is 22.0 Å². The molecule has 4 aromatic rings. The Bertz CT molecular complexity index is 1210. The van der Waals surface area contributed by atoms with Gasteiger partial charge in [-0.2, -0.15) is 0 Å². The highest BCUT2D eigenvalue weighted by molar-refractivity contribution is 6.33. The second kappa shape index (κ2) is 6.74. The molecule has 0 saturated heterocycles. The maximum absolute atomic E-state index is 11.5. The van der Waals surface area contributed by atoms with E-state index in [0.29, 0.717) is 16.7 Å². The van der Waals surface area contributed by atoms with Crippen molar-refractivity contribution in [3.63, 3.8) is 0 Å². The molecule has 134 valence electrons. The normalized spacial score (nSPS) is 10.9. The fourth-order valence-corrected chi connectivity index (χ4v) is 3.07. The van der Waals surface area contributed by atoms with Crippen molar-refractivity contribution in [2.45, 2.75) is 0 Å². The van der Waals surface area contributed by atoms with Crippen LogP contribution in [-0.4, -0.2) is 27.1 Å². The van der Waals surface area contributed by atoms with Gasteiger partial charge in [0.25, 0.3) is 0 Å². The minimum Gasteiger partial charge on any atom is -0.508 e. The fraction of sp³-hybridized carbons (Fsp3) is 0.0500. The van der Waals surface area contributed by atoms with Crippen LogP contribution in [0, 0.1) is 0 Å². The summed E-state index contributed by atoms with van der Waals surface area (Å²) in [6.45, 7) is 0. The highest BCUT2D eigenvalue weighted by Crippen LogP contribution is 2.32. The smallest absolute Gasteiger partial charge is 0.249 e. The van der Waals surface area contributed by atoms with E-state index in [2.05, 4.69) is 15.0 Å². The summed E-state index contributed by atoms with van der Waals surface area (Å²) in [5.74, 6) is 0.636. The number of nitrogens with one attached hydrogen (secondary N) is 1. The first kappa shape index (κ1) is 17.1. The molecular formula is C20H15ClN4O2. The molecule has 7 heteroatoms. The van der Waals surface area contributed by atoms with E-state index >= 15 is 0 Å². The van der Waals surface area contributed by atoms with Gasteiger partial charge in [0.15, 0.2) is 0 Å². The van der Waals surface area contributed by atoms with Crippen molar-refractivity contribution < 1.29 is 5.11 Å². The molecule has 0 aliphatic heterocycles. The third-order valence-electron chi connectivity index (χ3n) is 4.27. The van der Waals surface area contributed by atoms with Crippen molar-refractivity contribution >= 4 is 34.1 Å². The number of hydrogen-bond donors (Lipinski definition) is 2. The van der Waals surface area contributed by atoms with E-state index in [-0.39, 0.29) is 11.3 Å². The summed E-state index contributed by atoms with van der Waals surface area (Å²) in [5, 5.41) is 11.1. The number of halogens is 1. The molecule has 2 aromatic carbocycles. The summed E-state index contributed by atoms with van der Waals surface area (Å²) >= 11 is 6.25. The summed E-state index contributed by atoms with van der Waals surface area (Å²) in [6.07, 6.45) is 3.31. The molecule has 0 bridgehead atoms. The molecule has 2 heterocycles.